The Labute approximate surface area is 83.5 Å². The predicted molar refractivity (Wildman–Crippen MR) is 49.1 cm³/mol. The molecule has 0 spiro atoms. The summed E-state index contributed by atoms with van der Waals surface area (Å²) in [5.41, 5.74) is -0.671. The van der Waals surface area contributed by atoms with Crippen molar-refractivity contribution in [3.8, 4) is 0 Å². The molecule has 0 bridgehead atoms. The van der Waals surface area contributed by atoms with Gasteiger partial charge in [-0.05, 0) is 20.8 Å². The first-order chi connectivity index (χ1) is 6.22. The Morgan fingerprint density at radius 2 is 2.00 bits per heavy atom. The van der Waals surface area contributed by atoms with Crippen LogP contribution in [0.3, 0.4) is 0 Å². The highest BCUT2D eigenvalue weighted by Crippen LogP contribution is 2.21. The van der Waals surface area contributed by atoms with Gasteiger partial charge in [0.2, 0.25) is 0 Å². The topological polar surface area (TPSA) is 69.7 Å². The molecule has 0 aliphatic carbocycles. The molecular weight excluding hydrogens is 208 g/mol. The Balaban J connectivity index is 2.72. The summed E-state index contributed by atoms with van der Waals surface area (Å²) >= 11 is 0. The molecule has 82 valence electrons. The smallest absolute Gasteiger partial charge is 0.327 e. The van der Waals surface area contributed by atoms with Crippen LogP contribution in [-0.2, 0) is 23.8 Å². The van der Waals surface area contributed by atoms with E-state index >= 15 is 0 Å². The lowest BCUT2D eigenvalue weighted by Gasteiger charge is -2.20. The van der Waals surface area contributed by atoms with Crippen molar-refractivity contribution in [3.63, 3.8) is 0 Å². The Kier molecular flexibility index (Phi) is 2.87. The molecule has 0 amide bonds. The van der Waals surface area contributed by atoms with Gasteiger partial charge >= 0.3 is 5.97 Å². The van der Waals surface area contributed by atoms with Crippen LogP contribution in [0.1, 0.15) is 27.2 Å². The number of hydrogen-bond donors (Lipinski definition) is 0. The first-order valence-corrected chi connectivity index (χ1v) is 5.81. The van der Waals surface area contributed by atoms with Crippen LogP contribution in [0.15, 0.2) is 0 Å². The molecule has 1 heterocycles. The highest BCUT2D eigenvalue weighted by Gasteiger charge is 2.41. The quantitative estimate of drug-likeness (QED) is 0.476. The standard InChI is InChI=1S/C8H14O5S/c1-8(2,3)13-7(9)6-4-5-12-14(6,10)11/h6H,4-5H2,1-3H3. The lowest BCUT2D eigenvalue weighted by molar-refractivity contribution is -0.154. The molecule has 1 aliphatic rings. The zero-order valence-corrected chi connectivity index (χ0v) is 9.26. The van der Waals surface area contributed by atoms with Crippen LogP contribution in [0.4, 0.5) is 0 Å². The number of ether oxygens (including phenoxy) is 1. The molecule has 1 rings (SSSR count). The van der Waals surface area contributed by atoms with Gasteiger partial charge in [-0.25, -0.2) is 0 Å². The van der Waals surface area contributed by atoms with E-state index in [1.807, 2.05) is 0 Å². The maximum Gasteiger partial charge on any atom is 0.327 e. The van der Waals surface area contributed by atoms with E-state index in [0.29, 0.717) is 0 Å². The summed E-state index contributed by atoms with van der Waals surface area (Å²) in [4.78, 5) is 11.4. The van der Waals surface area contributed by atoms with Gasteiger partial charge in [0.1, 0.15) is 5.60 Å². The summed E-state index contributed by atoms with van der Waals surface area (Å²) in [5, 5.41) is -1.15. The Morgan fingerprint density at radius 1 is 1.43 bits per heavy atom. The number of rotatable bonds is 1. The molecule has 6 heteroatoms. The van der Waals surface area contributed by atoms with Gasteiger partial charge in [-0.3, -0.25) is 8.98 Å². The Hall–Kier alpha value is -0.620. The van der Waals surface area contributed by atoms with Gasteiger partial charge in [0, 0.05) is 6.42 Å². The fourth-order valence-electron chi connectivity index (χ4n) is 1.10. The molecule has 0 aromatic carbocycles. The van der Waals surface area contributed by atoms with Gasteiger partial charge in [0.05, 0.1) is 6.61 Å². The van der Waals surface area contributed by atoms with E-state index in [4.69, 9.17) is 4.74 Å². The lowest BCUT2D eigenvalue weighted by atomic mass is 10.2. The van der Waals surface area contributed by atoms with Gasteiger partial charge < -0.3 is 4.74 Å². The third-order valence-electron chi connectivity index (χ3n) is 1.65. The molecule has 14 heavy (non-hydrogen) atoms. The second kappa shape index (κ2) is 3.51. The van der Waals surface area contributed by atoms with Crippen LogP contribution in [0, 0.1) is 0 Å². The van der Waals surface area contributed by atoms with E-state index in [2.05, 4.69) is 4.18 Å². The summed E-state index contributed by atoms with van der Waals surface area (Å²) in [6.07, 6.45) is 0.178. The van der Waals surface area contributed by atoms with Crippen molar-refractivity contribution < 1.29 is 22.1 Å². The average molecular weight is 222 g/mol. The van der Waals surface area contributed by atoms with Crippen molar-refractivity contribution in [2.45, 2.75) is 38.0 Å². The molecule has 1 fully saturated rings. The number of carbonyl (C=O) groups is 1. The monoisotopic (exact) mass is 222 g/mol. The Bertz CT molecular complexity index is 324. The molecule has 0 saturated carbocycles. The second-order valence-electron chi connectivity index (χ2n) is 4.13. The molecule has 5 nitrogen and oxygen atoms in total. The largest absolute Gasteiger partial charge is 0.459 e. The van der Waals surface area contributed by atoms with Crippen molar-refractivity contribution in [3.05, 3.63) is 0 Å². The molecule has 1 unspecified atom stereocenters. The van der Waals surface area contributed by atoms with Crippen LogP contribution in [0.5, 0.6) is 0 Å². The maximum atomic E-state index is 11.4. The highest BCUT2D eigenvalue weighted by atomic mass is 32.2. The van der Waals surface area contributed by atoms with Gasteiger partial charge in [-0.15, -0.1) is 0 Å². The zero-order valence-electron chi connectivity index (χ0n) is 8.44. The van der Waals surface area contributed by atoms with Crippen molar-refractivity contribution in [2.24, 2.45) is 0 Å². The Morgan fingerprint density at radius 3 is 2.36 bits per heavy atom. The van der Waals surface area contributed by atoms with E-state index in [1.165, 1.54) is 0 Å². The SMILES string of the molecule is CC(C)(C)OC(=O)C1CCOS1(=O)=O. The third-order valence-corrected chi connectivity index (χ3v) is 3.27. The van der Waals surface area contributed by atoms with Crippen LogP contribution in [-0.4, -0.2) is 31.8 Å². The van der Waals surface area contributed by atoms with Crippen molar-refractivity contribution in [1.29, 1.82) is 0 Å². The highest BCUT2D eigenvalue weighted by molar-refractivity contribution is 7.88. The molecule has 0 N–H and O–H groups in total. The summed E-state index contributed by atoms with van der Waals surface area (Å²) in [7, 11) is -3.73. The van der Waals surface area contributed by atoms with E-state index in [-0.39, 0.29) is 13.0 Å². The average Bonchev–Trinajstić information content (AvgIpc) is 2.25. The first-order valence-electron chi connectivity index (χ1n) is 4.33. The molecular formula is C8H14O5S. The normalized spacial score (nSPS) is 26.1. The summed E-state index contributed by atoms with van der Waals surface area (Å²) in [5.74, 6) is -0.727. The zero-order chi connectivity index (χ0) is 11.0. The minimum atomic E-state index is -3.73. The molecule has 0 radical (unpaired) electrons. The number of hydrogen-bond acceptors (Lipinski definition) is 5. The van der Waals surface area contributed by atoms with Crippen LogP contribution in [0.25, 0.3) is 0 Å². The van der Waals surface area contributed by atoms with E-state index in [0.717, 1.165) is 0 Å². The third kappa shape index (κ3) is 2.68. The van der Waals surface area contributed by atoms with Crippen LogP contribution >= 0.6 is 0 Å². The summed E-state index contributed by atoms with van der Waals surface area (Å²) < 4.78 is 31.8. The van der Waals surface area contributed by atoms with E-state index in [1.54, 1.807) is 20.8 Å². The predicted octanol–water partition coefficient (Wildman–Crippen LogP) is 0.447. The molecule has 0 aromatic rings. The first kappa shape index (κ1) is 11.5. The van der Waals surface area contributed by atoms with E-state index < -0.39 is 26.9 Å². The summed E-state index contributed by atoms with van der Waals surface area (Å²) in [6, 6.07) is 0. The number of esters is 1. The minimum absolute atomic E-state index is 0.0617. The van der Waals surface area contributed by atoms with Gasteiger partial charge in [0.15, 0.2) is 5.25 Å². The van der Waals surface area contributed by atoms with E-state index in [9.17, 15) is 13.2 Å². The van der Waals surface area contributed by atoms with Crippen molar-refractivity contribution >= 4 is 16.1 Å². The fraction of sp³-hybridized carbons (Fsp3) is 0.875. The van der Waals surface area contributed by atoms with Crippen molar-refractivity contribution in [2.75, 3.05) is 6.61 Å². The molecule has 1 saturated heterocycles. The van der Waals surface area contributed by atoms with Crippen LogP contribution in [0.2, 0.25) is 0 Å². The van der Waals surface area contributed by atoms with Gasteiger partial charge in [0.25, 0.3) is 10.1 Å². The fourth-order valence-corrected chi connectivity index (χ4v) is 2.26. The maximum absolute atomic E-state index is 11.4. The summed E-state index contributed by atoms with van der Waals surface area (Å²) in [6.45, 7) is 5.13. The van der Waals surface area contributed by atoms with Gasteiger partial charge in [-0.2, -0.15) is 8.42 Å². The van der Waals surface area contributed by atoms with Crippen molar-refractivity contribution in [1.82, 2.24) is 0 Å². The second-order valence-corrected chi connectivity index (χ2v) is 5.92. The lowest BCUT2D eigenvalue weighted by Crippen LogP contribution is -2.34. The minimum Gasteiger partial charge on any atom is -0.459 e. The molecule has 1 atom stereocenters. The van der Waals surface area contributed by atoms with Gasteiger partial charge in [-0.1, -0.05) is 0 Å². The molecule has 0 aromatic heterocycles. The van der Waals surface area contributed by atoms with Crippen LogP contribution < -0.4 is 0 Å². The number of carbonyl (C=O) groups excluding carboxylic acids is 1. The molecule has 1 aliphatic heterocycles.